The summed E-state index contributed by atoms with van der Waals surface area (Å²) in [5.41, 5.74) is 8.18. The van der Waals surface area contributed by atoms with E-state index in [2.05, 4.69) is 29.6 Å². The van der Waals surface area contributed by atoms with Crippen LogP contribution in [0.3, 0.4) is 0 Å². The third kappa shape index (κ3) is 7.16. The van der Waals surface area contributed by atoms with Crippen LogP contribution < -0.4 is 11.1 Å². The highest BCUT2D eigenvalue weighted by Gasteiger charge is 2.14. The first-order valence-electron chi connectivity index (χ1n) is 8.29. The average Bonchev–Trinajstić information content (AvgIpc) is 2.58. The fourth-order valence-corrected chi connectivity index (χ4v) is 2.59. The van der Waals surface area contributed by atoms with Crippen LogP contribution in [0, 0.1) is 0 Å². The molecule has 2 aromatic rings. The van der Waals surface area contributed by atoms with Crippen LogP contribution in [-0.2, 0) is 11.2 Å². The molecule has 3 nitrogen and oxygen atoms in total. The van der Waals surface area contributed by atoms with Gasteiger partial charge in [-0.25, -0.2) is 0 Å². The van der Waals surface area contributed by atoms with E-state index in [1.54, 1.807) is 0 Å². The van der Waals surface area contributed by atoms with Crippen molar-refractivity contribution in [2.24, 2.45) is 5.73 Å². The summed E-state index contributed by atoms with van der Waals surface area (Å²) < 4.78 is 0. The van der Waals surface area contributed by atoms with Crippen LogP contribution in [0.5, 0.6) is 0 Å². The number of amides is 1. The molecule has 3 N–H and O–H groups in total. The second-order valence-electron chi connectivity index (χ2n) is 6.07. The summed E-state index contributed by atoms with van der Waals surface area (Å²) in [6.07, 6.45) is 3.02. The Bertz CT molecular complexity index is 587. The number of nitrogens with one attached hydrogen (secondary N) is 1. The van der Waals surface area contributed by atoms with Gasteiger partial charge in [0.2, 0.25) is 5.91 Å². The van der Waals surface area contributed by atoms with E-state index in [4.69, 9.17) is 5.73 Å². The second kappa shape index (κ2) is 10.8. The largest absolute Gasteiger partial charge is 0.349 e. The van der Waals surface area contributed by atoms with Crippen molar-refractivity contribution in [3.05, 3.63) is 71.8 Å². The van der Waals surface area contributed by atoms with Gasteiger partial charge in [-0.2, -0.15) is 0 Å². The molecule has 4 heteroatoms. The molecule has 0 saturated carbocycles. The lowest BCUT2D eigenvalue weighted by atomic mass is 9.98. The van der Waals surface area contributed by atoms with Crippen molar-refractivity contribution in [3.63, 3.8) is 0 Å². The van der Waals surface area contributed by atoms with Crippen LogP contribution in [0.25, 0.3) is 0 Å². The van der Waals surface area contributed by atoms with E-state index >= 15 is 0 Å². The first-order chi connectivity index (χ1) is 11.1. The Morgan fingerprint density at radius 3 is 2.17 bits per heavy atom. The van der Waals surface area contributed by atoms with E-state index in [0.29, 0.717) is 12.8 Å². The second-order valence-corrected chi connectivity index (χ2v) is 6.07. The van der Waals surface area contributed by atoms with E-state index in [-0.39, 0.29) is 30.4 Å². The maximum atomic E-state index is 12.2. The normalized spacial score (nSPS) is 12.8. The number of halogens is 1. The molecular formula is C20H27ClN2O. The number of hydrogen-bond acceptors (Lipinski definition) is 2. The molecule has 0 spiro atoms. The molecule has 2 atom stereocenters. The van der Waals surface area contributed by atoms with Gasteiger partial charge >= 0.3 is 0 Å². The number of carbonyl (C=O) groups is 1. The standard InChI is InChI=1S/C20H26N2O.ClH/c1-16(21)12-15-20(23)22-19(18-10-6-3-7-11-18)14-13-17-8-4-2-5-9-17;/h2-11,16,19H,12-15,21H2,1H3,(H,22,23);1H. The van der Waals surface area contributed by atoms with E-state index < -0.39 is 0 Å². The third-order valence-electron chi connectivity index (χ3n) is 3.93. The highest BCUT2D eigenvalue weighted by molar-refractivity contribution is 5.85. The first kappa shape index (κ1) is 20.2. The minimum atomic E-state index is 0. The van der Waals surface area contributed by atoms with Crippen molar-refractivity contribution in [3.8, 4) is 0 Å². The zero-order valence-corrected chi connectivity index (χ0v) is 15.0. The zero-order valence-electron chi connectivity index (χ0n) is 14.2. The molecule has 130 valence electrons. The van der Waals surface area contributed by atoms with Gasteiger partial charge in [0, 0.05) is 12.5 Å². The van der Waals surface area contributed by atoms with Gasteiger partial charge in [-0.05, 0) is 37.3 Å². The Morgan fingerprint density at radius 1 is 1.00 bits per heavy atom. The lowest BCUT2D eigenvalue weighted by molar-refractivity contribution is -0.122. The number of carbonyl (C=O) groups excluding carboxylic acids is 1. The predicted octanol–water partition coefficient (Wildman–Crippen LogP) is 4.03. The van der Waals surface area contributed by atoms with Crippen LogP contribution in [0.4, 0.5) is 0 Å². The van der Waals surface area contributed by atoms with Crippen molar-refractivity contribution < 1.29 is 4.79 Å². The van der Waals surface area contributed by atoms with E-state index in [1.165, 1.54) is 5.56 Å². The Hall–Kier alpha value is -1.84. The number of hydrogen-bond donors (Lipinski definition) is 2. The quantitative estimate of drug-likeness (QED) is 0.758. The molecule has 0 heterocycles. The molecule has 2 unspecified atom stereocenters. The van der Waals surface area contributed by atoms with Crippen molar-refractivity contribution >= 4 is 18.3 Å². The van der Waals surface area contributed by atoms with Gasteiger partial charge in [-0.15, -0.1) is 12.4 Å². The minimum Gasteiger partial charge on any atom is -0.349 e. The highest BCUT2D eigenvalue weighted by atomic mass is 35.5. The summed E-state index contributed by atoms with van der Waals surface area (Å²) in [5, 5.41) is 3.16. The van der Waals surface area contributed by atoms with Crippen LogP contribution in [0.2, 0.25) is 0 Å². The molecule has 24 heavy (non-hydrogen) atoms. The van der Waals surface area contributed by atoms with Crippen molar-refractivity contribution in [1.82, 2.24) is 5.32 Å². The lowest BCUT2D eigenvalue weighted by Gasteiger charge is -2.20. The molecule has 0 saturated heterocycles. The number of benzene rings is 2. The Morgan fingerprint density at radius 2 is 1.58 bits per heavy atom. The van der Waals surface area contributed by atoms with E-state index in [9.17, 15) is 4.79 Å². The monoisotopic (exact) mass is 346 g/mol. The van der Waals surface area contributed by atoms with Crippen molar-refractivity contribution in [1.29, 1.82) is 0 Å². The van der Waals surface area contributed by atoms with E-state index in [0.717, 1.165) is 18.4 Å². The molecule has 0 aliphatic rings. The van der Waals surface area contributed by atoms with Gasteiger partial charge in [0.15, 0.2) is 0 Å². The van der Waals surface area contributed by atoms with Gasteiger partial charge in [0.1, 0.15) is 0 Å². The average molecular weight is 347 g/mol. The molecule has 2 rings (SSSR count). The van der Waals surface area contributed by atoms with Crippen molar-refractivity contribution in [2.75, 3.05) is 0 Å². The topological polar surface area (TPSA) is 55.1 Å². The molecule has 0 aromatic heterocycles. The van der Waals surface area contributed by atoms with Gasteiger partial charge in [-0.3, -0.25) is 4.79 Å². The van der Waals surface area contributed by atoms with E-state index in [1.807, 2.05) is 43.3 Å². The summed E-state index contributed by atoms with van der Waals surface area (Å²) in [6, 6.07) is 20.6. The summed E-state index contributed by atoms with van der Waals surface area (Å²) >= 11 is 0. The summed E-state index contributed by atoms with van der Waals surface area (Å²) in [4.78, 5) is 12.2. The molecule has 0 aliphatic heterocycles. The smallest absolute Gasteiger partial charge is 0.220 e. The van der Waals surface area contributed by atoms with Crippen molar-refractivity contribution in [2.45, 2.75) is 44.7 Å². The van der Waals surface area contributed by atoms with Crippen LogP contribution in [0.15, 0.2) is 60.7 Å². The lowest BCUT2D eigenvalue weighted by Crippen LogP contribution is -2.30. The van der Waals surface area contributed by atoms with Gasteiger partial charge in [0.05, 0.1) is 6.04 Å². The summed E-state index contributed by atoms with van der Waals surface area (Å²) in [5.74, 6) is 0.0733. The molecular weight excluding hydrogens is 320 g/mol. The Kier molecular flexibility index (Phi) is 9.13. The predicted molar refractivity (Wildman–Crippen MR) is 102 cm³/mol. The summed E-state index contributed by atoms with van der Waals surface area (Å²) in [7, 11) is 0. The highest BCUT2D eigenvalue weighted by Crippen LogP contribution is 2.19. The maximum absolute atomic E-state index is 12.2. The number of aryl methyl sites for hydroxylation is 1. The molecule has 0 aliphatic carbocycles. The Balaban J connectivity index is 0.00000288. The molecule has 0 bridgehead atoms. The number of rotatable bonds is 8. The fraction of sp³-hybridized carbons (Fsp3) is 0.350. The molecule has 0 fully saturated rings. The Labute approximate surface area is 151 Å². The van der Waals surface area contributed by atoms with Crippen LogP contribution >= 0.6 is 12.4 Å². The van der Waals surface area contributed by atoms with Crippen LogP contribution in [-0.4, -0.2) is 11.9 Å². The molecule has 2 aromatic carbocycles. The fourth-order valence-electron chi connectivity index (χ4n) is 2.59. The van der Waals surface area contributed by atoms with Crippen LogP contribution in [0.1, 0.15) is 43.4 Å². The first-order valence-corrected chi connectivity index (χ1v) is 8.29. The maximum Gasteiger partial charge on any atom is 0.220 e. The molecule has 0 radical (unpaired) electrons. The van der Waals surface area contributed by atoms with Gasteiger partial charge < -0.3 is 11.1 Å². The summed E-state index contributed by atoms with van der Waals surface area (Å²) in [6.45, 7) is 1.93. The SMILES string of the molecule is CC(N)CCC(=O)NC(CCc1ccccc1)c1ccccc1.Cl. The third-order valence-corrected chi connectivity index (χ3v) is 3.93. The number of nitrogens with two attached hydrogens (primary N) is 1. The minimum absolute atomic E-state index is 0. The zero-order chi connectivity index (χ0) is 16.5. The van der Waals surface area contributed by atoms with Gasteiger partial charge in [0.25, 0.3) is 0 Å². The molecule has 1 amide bonds. The van der Waals surface area contributed by atoms with Gasteiger partial charge in [-0.1, -0.05) is 60.7 Å².